The molecule has 0 radical (unpaired) electrons. The fourth-order valence-electron chi connectivity index (χ4n) is 2.03. The molecule has 0 aromatic rings. The molecule has 0 heterocycles. The van der Waals surface area contributed by atoms with Gasteiger partial charge in [0.15, 0.2) is 21.7 Å². The first-order chi connectivity index (χ1) is 7.65. The summed E-state index contributed by atoms with van der Waals surface area (Å²) in [4.78, 5) is 35.7. The van der Waals surface area contributed by atoms with Crippen molar-refractivity contribution in [1.29, 1.82) is 0 Å². The number of carbonyl (C=O) groups excluding carboxylic acids is 3. The zero-order valence-corrected chi connectivity index (χ0v) is 11.7. The molecule has 0 unspecified atom stereocenters. The second kappa shape index (κ2) is 4.69. The van der Waals surface area contributed by atoms with Crippen molar-refractivity contribution in [2.24, 2.45) is 11.3 Å². The Morgan fingerprint density at radius 3 is 2.35 bits per heavy atom. The molecule has 1 fully saturated rings. The van der Waals surface area contributed by atoms with Crippen molar-refractivity contribution in [2.45, 2.75) is 44.4 Å². The fourth-order valence-corrected chi connectivity index (χ4v) is 2.38. The maximum atomic E-state index is 12.1. The third-order valence-electron chi connectivity index (χ3n) is 3.18. The summed E-state index contributed by atoms with van der Waals surface area (Å²) in [6, 6.07) is 0. The molecule has 0 N–H and O–H groups in total. The second-order valence-electron chi connectivity index (χ2n) is 5.11. The van der Waals surface area contributed by atoms with Crippen LogP contribution in [0.15, 0.2) is 0 Å². The molecule has 96 valence electrons. The molecule has 0 spiro atoms. The fraction of sp³-hybridized carbons (Fsp3) is 0.750. The van der Waals surface area contributed by atoms with E-state index in [0.717, 1.165) is 0 Å². The van der Waals surface area contributed by atoms with Gasteiger partial charge >= 0.3 is 0 Å². The van der Waals surface area contributed by atoms with Crippen molar-refractivity contribution in [2.75, 3.05) is 0 Å². The van der Waals surface area contributed by atoms with Crippen molar-refractivity contribution in [3.63, 3.8) is 0 Å². The van der Waals surface area contributed by atoms with Gasteiger partial charge in [-0.1, -0.05) is 44.0 Å². The number of alkyl halides is 2. The smallest absolute Gasteiger partial charge is 0.187 e. The van der Waals surface area contributed by atoms with E-state index in [1.165, 1.54) is 0 Å². The average Bonchev–Trinajstić information content (AvgIpc) is 2.15. The van der Waals surface area contributed by atoms with E-state index in [1.807, 2.05) is 6.92 Å². The summed E-state index contributed by atoms with van der Waals surface area (Å²) in [5, 5.41) is 0. The molecule has 1 atom stereocenters. The predicted octanol–water partition coefficient (Wildman–Crippen LogP) is 2.71. The van der Waals surface area contributed by atoms with Crippen LogP contribution in [0.25, 0.3) is 0 Å². The highest BCUT2D eigenvalue weighted by Crippen LogP contribution is 2.49. The Morgan fingerprint density at radius 1 is 1.35 bits per heavy atom. The third-order valence-corrected chi connectivity index (χ3v) is 4.57. The molecule has 1 rings (SSSR count). The standard InChI is InChI=1S/C12H16Cl2O3/c1-4-5-7(15)9-8(16)6-11(2,3)12(13,14)10(9)17/h9H,4-6H2,1-3H3/t9-/m0/s1. The molecule has 3 nitrogen and oxygen atoms in total. The van der Waals surface area contributed by atoms with Crippen LogP contribution in [0.5, 0.6) is 0 Å². The van der Waals surface area contributed by atoms with Crippen LogP contribution in [0.1, 0.15) is 40.0 Å². The van der Waals surface area contributed by atoms with Crippen LogP contribution in [0.2, 0.25) is 0 Å². The van der Waals surface area contributed by atoms with Gasteiger partial charge in [0, 0.05) is 18.3 Å². The molecule has 0 aromatic heterocycles. The van der Waals surface area contributed by atoms with Gasteiger partial charge in [-0.25, -0.2) is 0 Å². The number of carbonyl (C=O) groups is 3. The molecule has 0 bridgehead atoms. The minimum absolute atomic E-state index is 0.0475. The summed E-state index contributed by atoms with van der Waals surface area (Å²) < 4.78 is -1.67. The minimum Gasteiger partial charge on any atom is -0.298 e. The number of hydrogen-bond donors (Lipinski definition) is 0. The molecule has 1 saturated carbocycles. The van der Waals surface area contributed by atoms with Crippen molar-refractivity contribution < 1.29 is 14.4 Å². The Kier molecular flexibility index (Phi) is 4.04. The number of ketones is 3. The zero-order chi connectivity index (χ0) is 13.4. The van der Waals surface area contributed by atoms with Gasteiger partial charge in [-0.15, -0.1) is 0 Å². The summed E-state index contributed by atoms with van der Waals surface area (Å²) in [6.07, 6.45) is 0.842. The first-order valence-electron chi connectivity index (χ1n) is 5.62. The van der Waals surface area contributed by atoms with Crippen LogP contribution in [0.4, 0.5) is 0 Å². The molecule has 5 heteroatoms. The molecule has 17 heavy (non-hydrogen) atoms. The lowest BCUT2D eigenvalue weighted by atomic mass is 9.69. The van der Waals surface area contributed by atoms with Crippen molar-refractivity contribution in [3.8, 4) is 0 Å². The molecule has 1 aliphatic rings. The first-order valence-corrected chi connectivity index (χ1v) is 6.38. The van der Waals surface area contributed by atoms with Crippen LogP contribution in [-0.2, 0) is 14.4 Å². The molecular weight excluding hydrogens is 263 g/mol. The quantitative estimate of drug-likeness (QED) is 0.589. The molecule has 0 aliphatic heterocycles. The van der Waals surface area contributed by atoms with E-state index in [1.54, 1.807) is 13.8 Å². The van der Waals surface area contributed by atoms with Gasteiger partial charge in [0.05, 0.1) is 0 Å². The SMILES string of the molecule is CCCC(=O)[C@H]1C(=O)CC(C)(C)C(Cl)(Cl)C1=O. The molecule has 0 amide bonds. The summed E-state index contributed by atoms with van der Waals surface area (Å²) in [7, 11) is 0. The lowest BCUT2D eigenvalue weighted by Gasteiger charge is -2.41. The van der Waals surface area contributed by atoms with E-state index in [4.69, 9.17) is 23.2 Å². The Morgan fingerprint density at radius 2 is 1.88 bits per heavy atom. The molecule has 0 saturated heterocycles. The van der Waals surface area contributed by atoms with Crippen LogP contribution >= 0.6 is 23.2 Å². The highest BCUT2D eigenvalue weighted by molar-refractivity contribution is 6.61. The van der Waals surface area contributed by atoms with Crippen LogP contribution in [0.3, 0.4) is 0 Å². The van der Waals surface area contributed by atoms with Crippen LogP contribution in [0, 0.1) is 11.3 Å². The summed E-state index contributed by atoms with van der Waals surface area (Å²) >= 11 is 12.1. The van der Waals surface area contributed by atoms with Gasteiger partial charge in [0.1, 0.15) is 5.92 Å². The van der Waals surface area contributed by atoms with Crippen LogP contribution < -0.4 is 0 Å². The molecule has 0 aromatic carbocycles. The Bertz CT molecular complexity index is 372. The summed E-state index contributed by atoms with van der Waals surface area (Å²) in [6.45, 7) is 5.13. The van der Waals surface area contributed by atoms with E-state index >= 15 is 0 Å². The summed E-state index contributed by atoms with van der Waals surface area (Å²) in [5.41, 5.74) is -0.840. The highest BCUT2D eigenvalue weighted by Gasteiger charge is 2.58. The number of hydrogen-bond acceptors (Lipinski definition) is 3. The van der Waals surface area contributed by atoms with E-state index in [-0.39, 0.29) is 24.4 Å². The van der Waals surface area contributed by atoms with E-state index in [9.17, 15) is 14.4 Å². The number of rotatable bonds is 3. The van der Waals surface area contributed by atoms with Gasteiger partial charge < -0.3 is 0 Å². The van der Waals surface area contributed by atoms with Gasteiger partial charge in [0.25, 0.3) is 0 Å². The van der Waals surface area contributed by atoms with E-state index in [0.29, 0.717) is 6.42 Å². The Hall–Kier alpha value is -0.410. The maximum Gasteiger partial charge on any atom is 0.187 e. The average molecular weight is 279 g/mol. The lowest BCUT2D eigenvalue weighted by molar-refractivity contribution is -0.145. The monoisotopic (exact) mass is 278 g/mol. The maximum absolute atomic E-state index is 12.1. The second-order valence-corrected chi connectivity index (χ2v) is 6.44. The van der Waals surface area contributed by atoms with Gasteiger partial charge in [-0.05, 0) is 6.42 Å². The minimum atomic E-state index is -1.67. The van der Waals surface area contributed by atoms with E-state index in [2.05, 4.69) is 0 Å². The van der Waals surface area contributed by atoms with Crippen LogP contribution in [-0.4, -0.2) is 21.7 Å². The molecular formula is C12H16Cl2O3. The summed E-state index contributed by atoms with van der Waals surface area (Å²) in [5.74, 6) is -2.67. The Labute approximate surface area is 111 Å². The number of Topliss-reactive ketones (excluding diaryl/α,β-unsaturated/α-hetero) is 3. The van der Waals surface area contributed by atoms with Crippen molar-refractivity contribution >= 4 is 40.6 Å². The lowest BCUT2D eigenvalue weighted by Crippen LogP contribution is -2.55. The normalized spacial score (nSPS) is 27.0. The van der Waals surface area contributed by atoms with Gasteiger partial charge in [0.2, 0.25) is 0 Å². The molecule has 1 aliphatic carbocycles. The van der Waals surface area contributed by atoms with Gasteiger partial charge in [-0.2, -0.15) is 0 Å². The van der Waals surface area contributed by atoms with Crippen molar-refractivity contribution in [3.05, 3.63) is 0 Å². The highest BCUT2D eigenvalue weighted by atomic mass is 35.5. The topological polar surface area (TPSA) is 51.2 Å². The largest absolute Gasteiger partial charge is 0.298 e. The Balaban J connectivity index is 3.08. The first kappa shape index (κ1) is 14.7. The van der Waals surface area contributed by atoms with Crippen molar-refractivity contribution in [1.82, 2.24) is 0 Å². The zero-order valence-electron chi connectivity index (χ0n) is 10.2. The number of halogens is 2. The van der Waals surface area contributed by atoms with E-state index < -0.39 is 21.4 Å². The predicted molar refractivity (Wildman–Crippen MR) is 66.3 cm³/mol. The van der Waals surface area contributed by atoms with Gasteiger partial charge in [-0.3, -0.25) is 14.4 Å². The third kappa shape index (κ3) is 2.41.